The topological polar surface area (TPSA) is 114 Å². The number of carbonyl (C=O) groups excluding carboxylic acids is 4. The fraction of sp³-hybridized carbons (Fsp3) is 0.297. The maximum absolute atomic E-state index is 13.7. The molecule has 2 aromatic heterocycles. The maximum Gasteiger partial charge on any atom is 0.341 e. The summed E-state index contributed by atoms with van der Waals surface area (Å²) < 4.78 is 5.41. The van der Waals surface area contributed by atoms with E-state index in [4.69, 9.17) is 4.74 Å². The highest BCUT2D eigenvalue weighted by Gasteiger charge is 2.28. The molecule has 2 aromatic carbocycles. The van der Waals surface area contributed by atoms with Crippen molar-refractivity contribution in [3.05, 3.63) is 104 Å². The number of amides is 3. The summed E-state index contributed by atoms with van der Waals surface area (Å²) in [5.74, 6) is -1.45. The number of benzene rings is 2. The number of fused-ring (bicyclic) bond motifs is 1. The van der Waals surface area contributed by atoms with Gasteiger partial charge in [-0.2, -0.15) is 11.3 Å². The van der Waals surface area contributed by atoms with Crippen LogP contribution in [0.4, 0.5) is 10.7 Å². The highest BCUT2D eigenvalue weighted by atomic mass is 32.2. The molecule has 0 saturated heterocycles. The first kappa shape index (κ1) is 35.1. The van der Waals surface area contributed by atoms with Gasteiger partial charge < -0.3 is 20.7 Å². The van der Waals surface area contributed by atoms with E-state index in [0.717, 1.165) is 59.4 Å². The molecule has 0 aliphatic heterocycles. The molecule has 0 bridgehead atoms. The standard InChI is InChI=1S/C37H39N3O5S3/c1-3-30(35(43)40-36-32(37(44)45-4-2)28-17-10-5-6-11-18-31(28)48-36)47-27-16-12-15-26(22-27)38-34(42)29(21-24-19-20-46-23-24)39-33(41)25-13-8-7-9-14-25/h7-9,12-16,19-23,30H,3-6,10-11,17-18H2,1-2H3,(H,38,42)(H,39,41)(H,40,43)/b29-21-. The number of nitrogens with one attached hydrogen (secondary N) is 3. The van der Waals surface area contributed by atoms with Crippen LogP contribution in [0.15, 0.2) is 82.0 Å². The summed E-state index contributed by atoms with van der Waals surface area (Å²) >= 11 is 4.37. The van der Waals surface area contributed by atoms with E-state index in [-0.39, 0.29) is 24.2 Å². The Morgan fingerprint density at radius 3 is 2.46 bits per heavy atom. The first-order valence-electron chi connectivity index (χ1n) is 16.2. The first-order valence-corrected chi connectivity index (χ1v) is 18.8. The fourth-order valence-corrected chi connectivity index (χ4v) is 8.33. The predicted molar refractivity (Wildman–Crippen MR) is 196 cm³/mol. The van der Waals surface area contributed by atoms with E-state index in [2.05, 4.69) is 16.0 Å². The third-order valence-corrected chi connectivity index (χ3v) is 11.1. The molecular weight excluding hydrogens is 663 g/mol. The van der Waals surface area contributed by atoms with Crippen molar-refractivity contribution < 1.29 is 23.9 Å². The summed E-state index contributed by atoms with van der Waals surface area (Å²) in [7, 11) is 0. The van der Waals surface area contributed by atoms with Gasteiger partial charge in [0.2, 0.25) is 5.91 Å². The van der Waals surface area contributed by atoms with Gasteiger partial charge in [0, 0.05) is 21.0 Å². The minimum atomic E-state index is -0.475. The summed E-state index contributed by atoms with van der Waals surface area (Å²) in [6, 6.07) is 17.8. The molecule has 0 spiro atoms. The van der Waals surface area contributed by atoms with Crippen molar-refractivity contribution in [2.75, 3.05) is 17.2 Å². The Morgan fingerprint density at radius 2 is 1.73 bits per heavy atom. The van der Waals surface area contributed by atoms with Crippen molar-refractivity contribution in [2.24, 2.45) is 0 Å². The zero-order valence-corrected chi connectivity index (χ0v) is 29.5. The quantitative estimate of drug-likeness (QED) is 0.0775. The number of aryl methyl sites for hydroxylation is 1. The number of carbonyl (C=O) groups is 4. The molecule has 0 fully saturated rings. The van der Waals surface area contributed by atoms with E-state index in [1.807, 2.05) is 41.9 Å². The van der Waals surface area contributed by atoms with Crippen LogP contribution in [0.5, 0.6) is 0 Å². The summed E-state index contributed by atoms with van der Waals surface area (Å²) in [5, 5.41) is 12.6. The maximum atomic E-state index is 13.7. The van der Waals surface area contributed by atoms with Crippen LogP contribution in [0.25, 0.3) is 6.08 Å². The highest BCUT2D eigenvalue weighted by Crippen LogP contribution is 2.38. The molecule has 3 amide bonds. The van der Waals surface area contributed by atoms with Gasteiger partial charge in [0.05, 0.1) is 17.4 Å². The lowest BCUT2D eigenvalue weighted by Gasteiger charge is -2.16. The Hall–Kier alpha value is -4.19. The number of esters is 1. The van der Waals surface area contributed by atoms with Crippen LogP contribution >= 0.6 is 34.4 Å². The number of thioether (sulfide) groups is 1. The van der Waals surface area contributed by atoms with Crippen molar-refractivity contribution >= 4 is 74.9 Å². The smallest absolute Gasteiger partial charge is 0.341 e. The summed E-state index contributed by atoms with van der Waals surface area (Å²) in [4.78, 5) is 55.1. The molecule has 5 rings (SSSR count). The van der Waals surface area contributed by atoms with Crippen LogP contribution in [-0.4, -0.2) is 35.5 Å². The lowest BCUT2D eigenvalue weighted by molar-refractivity contribution is -0.116. The van der Waals surface area contributed by atoms with Gasteiger partial charge >= 0.3 is 5.97 Å². The number of thiophene rings is 2. The number of hydrogen-bond acceptors (Lipinski definition) is 8. The van der Waals surface area contributed by atoms with Crippen molar-refractivity contribution in [3.63, 3.8) is 0 Å². The molecule has 1 aliphatic rings. The normalized spacial score (nSPS) is 13.8. The number of ether oxygens (including phenoxy) is 1. The van der Waals surface area contributed by atoms with E-state index in [1.165, 1.54) is 34.4 Å². The Bertz CT molecular complexity index is 1770. The van der Waals surface area contributed by atoms with Crippen LogP contribution in [0, 0.1) is 0 Å². The molecule has 0 saturated carbocycles. The minimum Gasteiger partial charge on any atom is -0.462 e. The van der Waals surface area contributed by atoms with Crippen molar-refractivity contribution in [2.45, 2.75) is 68.9 Å². The molecular formula is C37H39N3O5S3. The molecule has 2 heterocycles. The monoisotopic (exact) mass is 701 g/mol. The molecule has 8 nitrogen and oxygen atoms in total. The van der Waals surface area contributed by atoms with Gasteiger partial charge in [0.15, 0.2) is 0 Å². The molecule has 1 aliphatic carbocycles. The average molecular weight is 702 g/mol. The van der Waals surface area contributed by atoms with E-state index in [1.54, 1.807) is 49.4 Å². The third kappa shape index (κ3) is 9.24. The largest absolute Gasteiger partial charge is 0.462 e. The van der Waals surface area contributed by atoms with Crippen LogP contribution < -0.4 is 16.0 Å². The fourth-order valence-electron chi connectivity index (χ4n) is 5.42. The summed E-state index contributed by atoms with van der Waals surface area (Å²) in [6.45, 7) is 4.00. The summed E-state index contributed by atoms with van der Waals surface area (Å²) in [6.07, 6.45) is 8.25. The van der Waals surface area contributed by atoms with Gasteiger partial charge in [0.1, 0.15) is 10.7 Å². The van der Waals surface area contributed by atoms with Gasteiger partial charge in [0.25, 0.3) is 11.8 Å². The second-order valence-corrected chi connectivity index (χ2v) is 14.4. The number of rotatable bonds is 12. The lowest BCUT2D eigenvalue weighted by Crippen LogP contribution is -2.30. The second-order valence-electron chi connectivity index (χ2n) is 11.3. The highest BCUT2D eigenvalue weighted by molar-refractivity contribution is 8.00. The second kappa shape index (κ2) is 17.3. The van der Waals surface area contributed by atoms with E-state index in [9.17, 15) is 19.2 Å². The van der Waals surface area contributed by atoms with Crippen molar-refractivity contribution in [1.82, 2.24) is 5.32 Å². The molecule has 3 N–H and O–H groups in total. The zero-order chi connectivity index (χ0) is 33.9. The van der Waals surface area contributed by atoms with Gasteiger partial charge in [-0.15, -0.1) is 23.1 Å². The van der Waals surface area contributed by atoms with Gasteiger partial charge in [-0.25, -0.2) is 4.79 Å². The van der Waals surface area contributed by atoms with Crippen LogP contribution in [-0.2, 0) is 27.2 Å². The SMILES string of the molecule is CCOC(=O)c1c(NC(=O)C(CC)Sc2cccc(NC(=O)/C(=C/c3ccsc3)NC(=O)c3ccccc3)c2)sc2c1CCCCCC2. The molecule has 1 unspecified atom stereocenters. The lowest BCUT2D eigenvalue weighted by atomic mass is 9.96. The Labute approximate surface area is 293 Å². The first-order chi connectivity index (χ1) is 23.4. The van der Waals surface area contributed by atoms with Gasteiger partial charge in [-0.1, -0.05) is 44.0 Å². The van der Waals surface area contributed by atoms with Crippen LogP contribution in [0.2, 0.25) is 0 Å². The van der Waals surface area contributed by atoms with Crippen LogP contribution in [0.1, 0.15) is 82.7 Å². The Morgan fingerprint density at radius 1 is 0.938 bits per heavy atom. The van der Waals surface area contributed by atoms with Crippen molar-refractivity contribution in [3.8, 4) is 0 Å². The number of hydrogen-bond donors (Lipinski definition) is 3. The van der Waals surface area contributed by atoms with Gasteiger partial charge in [-0.3, -0.25) is 14.4 Å². The third-order valence-electron chi connectivity index (χ3n) is 7.80. The average Bonchev–Trinajstić information content (AvgIpc) is 3.71. The summed E-state index contributed by atoms with van der Waals surface area (Å²) in [5.41, 5.74) is 3.38. The van der Waals surface area contributed by atoms with Gasteiger partial charge in [-0.05, 0) is 103 Å². The molecule has 4 aromatic rings. The predicted octanol–water partition coefficient (Wildman–Crippen LogP) is 8.56. The van der Waals surface area contributed by atoms with E-state index < -0.39 is 17.1 Å². The Kier molecular flexibility index (Phi) is 12.6. The van der Waals surface area contributed by atoms with E-state index >= 15 is 0 Å². The number of anilines is 2. The van der Waals surface area contributed by atoms with Crippen LogP contribution in [0.3, 0.4) is 0 Å². The molecule has 250 valence electrons. The minimum absolute atomic E-state index is 0.105. The zero-order valence-electron chi connectivity index (χ0n) is 27.0. The molecule has 11 heteroatoms. The molecule has 1 atom stereocenters. The molecule has 48 heavy (non-hydrogen) atoms. The Balaban J connectivity index is 1.30. The van der Waals surface area contributed by atoms with E-state index in [0.29, 0.717) is 28.2 Å². The van der Waals surface area contributed by atoms with Crippen molar-refractivity contribution in [1.29, 1.82) is 0 Å². The molecule has 0 radical (unpaired) electrons.